The van der Waals surface area contributed by atoms with Gasteiger partial charge in [-0.2, -0.15) is 0 Å². The van der Waals surface area contributed by atoms with E-state index in [2.05, 4.69) is 17.2 Å². The number of hydrogen-bond donors (Lipinski definition) is 2. The molecule has 20 heavy (non-hydrogen) atoms. The van der Waals surface area contributed by atoms with Gasteiger partial charge in [0.15, 0.2) is 0 Å². The summed E-state index contributed by atoms with van der Waals surface area (Å²) in [5.74, 6) is -0.160. The summed E-state index contributed by atoms with van der Waals surface area (Å²) in [5, 5.41) is 3.86. The van der Waals surface area contributed by atoms with Crippen molar-refractivity contribution in [1.82, 2.24) is 10.3 Å². The fourth-order valence-electron chi connectivity index (χ4n) is 1.89. The molecule has 2 rings (SSSR count). The lowest BCUT2D eigenvalue weighted by Crippen LogP contribution is -2.27. The van der Waals surface area contributed by atoms with Crippen LogP contribution < -0.4 is 11.1 Å². The van der Waals surface area contributed by atoms with Crippen molar-refractivity contribution in [2.45, 2.75) is 33.2 Å². The van der Waals surface area contributed by atoms with E-state index in [4.69, 9.17) is 5.73 Å². The number of nitrogens with zero attached hydrogens (tertiary/aromatic N) is 1. The van der Waals surface area contributed by atoms with Crippen molar-refractivity contribution in [1.29, 1.82) is 0 Å². The lowest BCUT2D eigenvalue weighted by Gasteiger charge is -2.13. The summed E-state index contributed by atoms with van der Waals surface area (Å²) in [6.45, 7) is 5.96. The van der Waals surface area contributed by atoms with Crippen LogP contribution >= 0.6 is 11.3 Å². The number of aromatic nitrogens is 1. The molecule has 1 unspecified atom stereocenters. The zero-order valence-corrected chi connectivity index (χ0v) is 12.8. The molecule has 0 bridgehead atoms. The first-order valence-electron chi connectivity index (χ1n) is 6.62. The summed E-state index contributed by atoms with van der Waals surface area (Å²) in [4.78, 5) is 17.8. The second kappa shape index (κ2) is 6.05. The van der Waals surface area contributed by atoms with Crippen LogP contribution in [0.4, 0.5) is 5.69 Å². The third kappa shape index (κ3) is 3.17. The molecule has 0 aliphatic carbocycles. The van der Waals surface area contributed by atoms with Gasteiger partial charge in [-0.15, -0.1) is 11.3 Å². The van der Waals surface area contributed by atoms with Gasteiger partial charge in [-0.05, 0) is 32.4 Å². The first-order valence-corrected chi connectivity index (χ1v) is 7.44. The number of benzene rings is 1. The number of thiazole rings is 1. The zero-order chi connectivity index (χ0) is 14.7. The molecule has 1 atom stereocenters. The SMILES string of the molecule is CCc1cnc(C(C)NC(=O)c2cc(C)ccc2N)s1. The molecule has 1 aromatic heterocycles. The van der Waals surface area contributed by atoms with E-state index in [0.717, 1.165) is 17.0 Å². The van der Waals surface area contributed by atoms with Crippen molar-refractivity contribution < 1.29 is 4.79 Å². The van der Waals surface area contributed by atoms with Crippen molar-refractivity contribution in [2.75, 3.05) is 5.73 Å². The highest BCUT2D eigenvalue weighted by molar-refractivity contribution is 7.11. The molecule has 0 fully saturated rings. The van der Waals surface area contributed by atoms with Gasteiger partial charge in [0, 0.05) is 16.8 Å². The van der Waals surface area contributed by atoms with Crippen molar-refractivity contribution >= 4 is 22.9 Å². The predicted octanol–water partition coefficient (Wildman–Crippen LogP) is 3.09. The van der Waals surface area contributed by atoms with E-state index in [9.17, 15) is 4.79 Å². The first-order chi connectivity index (χ1) is 9.51. The van der Waals surface area contributed by atoms with E-state index in [1.165, 1.54) is 4.88 Å². The topological polar surface area (TPSA) is 68.0 Å². The summed E-state index contributed by atoms with van der Waals surface area (Å²) in [6, 6.07) is 5.33. The monoisotopic (exact) mass is 289 g/mol. The number of hydrogen-bond acceptors (Lipinski definition) is 4. The normalized spacial score (nSPS) is 12.2. The standard InChI is InChI=1S/C15H19N3OS/c1-4-11-8-17-15(20-11)10(3)18-14(19)12-7-9(2)5-6-13(12)16/h5-8,10H,4,16H2,1-3H3,(H,18,19). The summed E-state index contributed by atoms with van der Waals surface area (Å²) in [6.07, 6.45) is 2.83. The number of rotatable bonds is 4. The molecule has 4 nitrogen and oxygen atoms in total. The molecule has 106 valence electrons. The van der Waals surface area contributed by atoms with E-state index < -0.39 is 0 Å². The zero-order valence-electron chi connectivity index (χ0n) is 11.9. The summed E-state index contributed by atoms with van der Waals surface area (Å²) >= 11 is 1.63. The van der Waals surface area contributed by atoms with Gasteiger partial charge in [0.25, 0.3) is 5.91 Å². The maximum absolute atomic E-state index is 12.3. The van der Waals surface area contributed by atoms with E-state index in [1.54, 1.807) is 23.5 Å². The lowest BCUT2D eigenvalue weighted by molar-refractivity contribution is 0.0940. The molecular formula is C15H19N3OS. The highest BCUT2D eigenvalue weighted by Gasteiger charge is 2.16. The lowest BCUT2D eigenvalue weighted by atomic mass is 10.1. The van der Waals surface area contributed by atoms with Gasteiger partial charge in [0.2, 0.25) is 0 Å². The molecule has 0 aliphatic heterocycles. The molecule has 0 aliphatic rings. The van der Waals surface area contributed by atoms with Crippen LogP contribution in [-0.2, 0) is 6.42 Å². The van der Waals surface area contributed by atoms with Crippen LogP contribution in [0.15, 0.2) is 24.4 Å². The number of aryl methyl sites for hydroxylation is 2. The van der Waals surface area contributed by atoms with Gasteiger partial charge in [0.1, 0.15) is 5.01 Å². The first kappa shape index (κ1) is 14.5. The largest absolute Gasteiger partial charge is 0.398 e. The second-order valence-electron chi connectivity index (χ2n) is 4.80. The molecule has 5 heteroatoms. The van der Waals surface area contributed by atoms with Crippen molar-refractivity contribution in [3.05, 3.63) is 45.4 Å². The Labute approximate surface area is 123 Å². The van der Waals surface area contributed by atoms with Crippen molar-refractivity contribution in [3.63, 3.8) is 0 Å². The van der Waals surface area contributed by atoms with Crippen LogP contribution in [0.2, 0.25) is 0 Å². The quantitative estimate of drug-likeness (QED) is 0.850. The maximum Gasteiger partial charge on any atom is 0.253 e. The van der Waals surface area contributed by atoms with Gasteiger partial charge in [-0.1, -0.05) is 18.6 Å². The van der Waals surface area contributed by atoms with Crippen LogP contribution in [0, 0.1) is 6.92 Å². The number of carbonyl (C=O) groups excluding carboxylic acids is 1. The Balaban J connectivity index is 2.12. The Morgan fingerprint density at radius 1 is 1.50 bits per heavy atom. The highest BCUT2D eigenvalue weighted by atomic mass is 32.1. The minimum Gasteiger partial charge on any atom is -0.398 e. The molecule has 0 radical (unpaired) electrons. The molecule has 2 aromatic rings. The Kier molecular flexibility index (Phi) is 4.39. The Hall–Kier alpha value is -1.88. The van der Waals surface area contributed by atoms with Gasteiger partial charge in [0.05, 0.1) is 11.6 Å². The molecule has 1 aromatic carbocycles. The average Bonchev–Trinajstić information content (AvgIpc) is 2.90. The van der Waals surface area contributed by atoms with E-state index in [1.807, 2.05) is 26.1 Å². The maximum atomic E-state index is 12.3. The Morgan fingerprint density at radius 2 is 2.25 bits per heavy atom. The predicted molar refractivity (Wildman–Crippen MR) is 83.0 cm³/mol. The van der Waals surface area contributed by atoms with Gasteiger partial charge >= 0.3 is 0 Å². The van der Waals surface area contributed by atoms with Crippen LogP contribution in [0.25, 0.3) is 0 Å². The van der Waals surface area contributed by atoms with Gasteiger partial charge < -0.3 is 11.1 Å². The van der Waals surface area contributed by atoms with E-state index >= 15 is 0 Å². The number of nitrogens with one attached hydrogen (secondary N) is 1. The summed E-state index contributed by atoms with van der Waals surface area (Å²) in [5.41, 5.74) is 7.88. The molecule has 1 heterocycles. The number of anilines is 1. The minimum atomic E-state index is -0.160. The third-order valence-corrected chi connectivity index (χ3v) is 4.42. The van der Waals surface area contributed by atoms with Crippen LogP contribution in [-0.4, -0.2) is 10.9 Å². The third-order valence-electron chi connectivity index (χ3n) is 3.09. The Morgan fingerprint density at radius 3 is 2.90 bits per heavy atom. The van der Waals surface area contributed by atoms with Crippen LogP contribution in [0.5, 0.6) is 0 Å². The number of carbonyl (C=O) groups is 1. The fourth-order valence-corrected chi connectivity index (χ4v) is 2.75. The Bertz CT molecular complexity index is 621. The molecule has 3 N–H and O–H groups in total. The van der Waals surface area contributed by atoms with E-state index in [-0.39, 0.29) is 11.9 Å². The summed E-state index contributed by atoms with van der Waals surface area (Å²) in [7, 11) is 0. The van der Waals surface area contributed by atoms with Crippen molar-refractivity contribution in [2.24, 2.45) is 0 Å². The molecule has 1 amide bonds. The molecular weight excluding hydrogens is 270 g/mol. The highest BCUT2D eigenvalue weighted by Crippen LogP contribution is 2.21. The molecule has 0 saturated heterocycles. The minimum absolute atomic E-state index is 0.118. The second-order valence-corrected chi connectivity index (χ2v) is 5.95. The number of nitrogen functional groups attached to an aromatic ring is 1. The summed E-state index contributed by atoms with van der Waals surface area (Å²) < 4.78 is 0. The smallest absolute Gasteiger partial charge is 0.253 e. The van der Waals surface area contributed by atoms with Crippen LogP contribution in [0.3, 0.4) is 0 Å². The van der Waals surface area contributed by atoms with Crippen molar-refractivity contribution in [3.8, 4) is 0 Å². The van der Waals surface area contributed by atoms with Gasteiger partial charge in [-0.3, -0.25) is 4.79 Å². The van der Waals surface area contributed by atoms with Gasteiger partial charge in [-0.25, -0.2) is 4.98 Å². The number of nitrogens with two attached hydrogens (primary N) is 1. The molecule has 0 saturated carbocycles. The molecule has 0 spiro atoms. The average molecular weight is 289 g/mol. The number of amides is 1. The fraction of sp³-hybridized carbons (Fsp3) is 0.333. The van der Waals surface area contributed by atoms with E-state index in [0.29, 0.717) is 11.3 Å². The van der Waals surface area contributed by atoms with Crippen LogP contribution in [0.1, 0.15) is 45.7 Å².